The van der Waals surface area contributed by atoms with Crippen LogP contribution in [0.5, 0.6) is 11.5 Å². The van der Waals surface area contributed by atoms with Crippen molar-refractivity contribution in [2.24, 2.45) is 10.9 Å². The van der Waals surface area contributed by atoms with Crippen molar-refractivity contribution in [3.63, 3.8) is 0 Å². The van der Waals surface area contributed by atoms with E-state index < -0.39 is 12.7 Å². The lowest BCUT2D eigenvalue weighted by Gasteiger charge is -2.24. The van der Waals surface area contributed by atoms with E-state index in [1.54, 1.807) is 21.3 Å². The Hall–Kier alpha value is -1.43. The van der Waals surface area contributed by atoms with Crippen LogP contribution in [-0.4, -0.2) is 76.4 Å². The van der Waals surface area contributed by atoms with Crippen molar-refractivity contribution in [3.05, 3.63) is 23.8 Å². The third-order valence-electron chi connectivity index (χ3n) is 4.80. The molecule has 0 spiro atoms. The standard InChI is InChI=1S/C19H29F3N4O2.HI/c1-23-18(24-10-14-7-8-26(11-14)13-19(20,21)22)25(2)12-15-5-6-16(27-3)9-17(15)28-4;/h5-6,9,14H,7-8,10-13H2,1-4H3,(H,23,24);1H. The molecule has 1 heterocycles. The molecular weight excluding hydrogens is 500 g/mol. The van der Waals surface area contributed by atoms with Gasteiger partial charge in [-0.15, -0.1) is 24.0 Å². The van der Waals surface area contributed by atoms with Crippen LogP contribution in [0.2, 0.25) is 0 Å². The Bertz CT molecular complexity index is 673. The van der Waals surface area contributed by atoms with Crippen molar-refractivity contribution in [1.29, 1.82) is 0 Å². The summed E-state index contributed by atoms with van der Waals surface area (Å²) in [7, 11) is 6.81. The Morgan fingerprint density at radius 3 is 2.62 bits per heavy atom. The molecule has 1 aliphatic rings. The number of guanidine groups is 1. The molecule has 0 amide bonds. The highest BCUT2D eigenvalue weighted by Crippen LogP contribution is 2.26. The van der Waals surface area contributed by atoms with E-state index in [1.807, 2.05) is 30.1 Å². The minimum atomic E-state index is -4.14. The van der Waals surface area contributed by atoms with Gasteiger partial charge in [0.05, 0.1) is 20.8 Å². The maximum absolute atomic E-state index is 12.5. The van der Waals surface area contributed by atoms with E-state index in [4.69, 9.17) is 9.47 Å². The first-order valence-electron chi connectivity index (χ1n) is 9.17. The Morgan fingerprint density at radius 1 is 1.31 bits per heavy atom. The third-order valence-corrected chi connectivity index (χ3v) is 4.80. The van der Waals surface area contributed by atoms with E-state index in [1.165, 1.54) is 4.90 Å². The average molecular weight is 530 g/mol. The molecule has 1 atom stereocenters. The monoisotopic (exact) mass is 530 g/mol. The lowest BCUT2D eigenvalue weighted by Crippen LogP contribution is -2.41. The number of rotatable bonds is 7. The fourth-order valence-electron chi connectivity index (χ4n) is 3.41. The second-order valence-corrected chi connectivity index (χ2v) is 6.97. The maximum atomic E-state index is 12.5. The van der Waals surface area contributed by atoms with E-state index in [0.717, 1.165) is 23.5 Å². The molecule has 1 aliphatic heterocycles. The zero-order valence-corrected chi connectivity index (χ0v) is 19.6. The van der Waals surface area contributed by atoms with Gasteiger partial charge in [0.1, 0.15) is 11.5 Å². The summed E-state index contributed by atoms with van der Waals surface area (Å²) < 4.78 is 48.2. The van der Waals surface area contributed by atoms with Crippen molar-refractivity contribution >= 4 is 29.9 Å². The van der Waals surface area contributed by atoms with Crippen LogP contribution in [-0.2, 0) is 6.54 Å². The molecule has 29 heavy (non-hydrogen) atoms. The Balaban J connectivity index is 0.00000420. The Morgan fingerprint density at radius 2 is 2.03 bits per heavy atom. The van der Waals surface area contributed by atoms with Gasteiger partial charge in [-0.1, -0.05) is 0 Å². The molecule has 0 radical (unpaired) electrons. The average Bonchev–Trinajstić information content (AvgIpc) is 3.07. The van der Waals surface area contributed by atoms with E-state index in [9.17, 15) is 13.2 Å². The molecule has 1 aromatic carbocycles. The fourth-order valence-corrected chi connectivity index (χ4v) is 3.41. The highest BCUT2D eigenvalue weighted by atomic mass is 127. The number of likely N-dealkylation sites (tertiary alicyclic amines) is 1. The summed E-state index contributed by atoms with van der Waals surface area (Å²) in [5, 5.41) is 3.28. The van der Waals surface area contributed by atoms with E-state index in [-0.39, 0.29) is 29.9 Å². The Kier molecular flexibility index (Phi) is 10.3. The van der Waals surface area contributed by atoms with Crippen LogP contribution in [0.3, 0.4) is 0 Å². The fraction of sp³-hybridized carbons (Fsp3) is 0.632. The number of hydrogen-bond donors (Lipinski definition) is 1. The van der Waals surface area contributed by atoms with Gasteiger partial charge >= 0.3 is 6.18 Å². The topological polar surface area (TPSA) is 49.3 Å². The number of nitrogens with zero attached hydrogens (tertiary/aromatic N) is 3. The molecule has 0 bridgehead atoms. The maximum Gasteiger partial charge on any atom is 0.401 e. The Labute approximate surface area is 187 Å². The van der Waals surface area contributed by atoms with Crippen LogP contribution in [0, 0.1) is 5.92 Å². The molecular formula is C19H30F3IN4O2. The molecule has 166 valence electrons. The number of halogens is 4. The molecule has 2 rings (SSSR count). The minimum absolute atomic E-state index is 0. The van der Waals surface area contributed by atoms with Gasteiger partial charge in [0.2, 0.25) is 0 Å². The molecule has 0 aliphatic carbocycles. The molecule has 0 aromatic heterocycles. The highest BCUT2D eigenvalue weighted by Gasteiger charge is 2.34. The summed E-state index contributed by atoms with van der Waals surface area (Å²) in [4.78, 5) is 7.70. The van der Waals surface area contributed by atoms with Gasteiger partial charge in [0, 0.05) is 45.4 Å². The van der Waals surface area contributed by atoms with Crippen molar-refractivity contribution < 1.29 is 22.6 Å². The zero-order valence-electron chi connectivity index (χ0n) is 17.3. The molecule has 10 heteroatoms. The number of nitrogens with one attached hydrogen (secondary N) is 1. The predicted molar refractivity (Wildman–Crippen MR) is 118 cm³/mol. The lowest BCUT2D eigenvalue weighted by atomic mass is 10.1. The van der Waals surface area contributed by atoms with Crippen LogP contribution < -0.4 is 14.8 Å². The first kappa shape index (κ1) is 25.6. The normalized spacial score (nSPS) is 17.6. The molecule has 1 aromatic rings. The van der Waals surface area contributed by atoms with Gasteiger partial charge in [-0.25, -0.2) is 0 Å². The lowest BCUT2D eigenvalue weighted by molar-refractivity contribution is -0.143. The predicted octanol–water partition coefficient (Wildman–Crippen LogP) is 3.21. The van der Waals surface area contributed by atoms with Crippen LogP contribution in [0.15, 0.2) is 23.2 Å². The first-order chi connectivity index (χ1) is 13.3. The van der Waals surface area contributed by atoms with E-state index in [2.05, 4.69) is 10.3 Å². The summed E-state index contributed by atoms with van der Waals surface area (Å²) in [5.74, 6) is 2.30. The third kappa shape index (κ3) is 8.07. The number of aliphatic imine (C=N–C) groups is 1. The quantitative estimate of drug-likeness (QED) is 0.334. The molecule has 1 unspecified atom stereocenters. The van der Waals surface area contributed by atoms with Crippen LogP contribution in [0.25, 0.3) is 0 Å². The van der Waals surface area contributed by atoms with Gasteiger partial charge in [0.15, 0.2) is 5.96 Å². The molecule has 1 N–H and O–H groups in total. The number of methoxy groups -OCH3 is 2. The highest BCUT2D eigenvalue weighted by molar-refractivity contribution is 14.0. The van der Waals surface area contributed by atoms with Gasteiger partial charge in [-0.2, -0.15) is 13.2 Å². The molecule has 1 fully saturated rings. The SMILES string of the molecule is CN=C(NCC1CCN(CC(F)(F)F)C1)N(C)Cc1ccc(OC)cc1OC.I. The second kappa shape index (κ2) is 11.7. The smallest absolute Gasteiger partial charge is 0.401 e. The minimum Gasteiger partial charge on any atom is -0.497 e. The van der Waals surface area contributed by atoms with Gasteiger partial charge < -0.3 is 19.7 Å². The second-order valence-electron chi connectivity index (χ2n) is 6.97. The number of ether oxygens (including phenoxy) is 2. The first-order valence-corrected chi connectivity index (χ1v) is 9.17. The zero-order chi connectivity index (χ0) is 20.7. The van der Waals surface area contributed by atoms with Gasteiger partial charge in [0.25, 0.3) is 0 Å². The number of alkyl halides is 3. The summed E-state index contributed by atoms with van der Waals surface area (Å²) in [6.07, 6.45) is -3.40. The van der Waals surface area contributed by atoms with E-state index in [0.29, 0.717) is 32.1 Å². The van der Waals surface area contributed by atoms with Gasteiger partial charge in [-0.05, 0) is 31.0 Å². The summed E-state index contributed by atoms with van der Waals surface area (Å²) in [6.45, 7) is 1.24. The van der Waals surface area contributed by atoms with Crippen molar-refractivity contribution in [2.75, 3.05) is 54.5 Å². The number of benzene rings is 1. The summed E-state index contributed by atoms with van der Waals surface area (Å²) in [5.41, 5.74) is 0.978. The number of hydrogen-bond acceptors (Lipinski definition) is 4. The van der Waals surface area contributed by atoms with Crippen molar-refractivity contribution in [2.45, 2.75) is 19.1 Å². The van der Waals surface area contributed by atoms with Crippen LogP contribution >= 0.6 is 24.0 Å². The molecule has 0 saturated carbocycles. The van der Waals surface area contributed by atoms with Gasteiger partial charge in [-0.3, -0.25) is 9.89 Å². The van der Waals surface area contributed by atoms with Crippen LogP contribution in [0.4, 0.5) is 13.2 Å². The van der Waals surface area contributed by atoms with Crippen LogP contribution in [0.1, 0.15) is 12.0 Å². The van der Waals surface area contributed by atoms with E-state index >= 15 is 0 Å². The molecule has 6 nitrogen and oxygen atoms in total. The van der Waals surface area contributed by atoms with Crippen molar-refractivity contribution in [3.8, 4) is 11.5 Å². The summed E-state index contributed by atoms with van der Waals surface area (Å²) >= 11 is 0. The molecule has 1 saturated heterocycles. The van der Waals surface area contributed by atoms with Crippen molar-refractivity contribution in [1.82, 2.24) is 15.1 Å². The summed E-state index contributed by atoms with van der Waals surface area (Å²) in [6, 6.07) is 5.64. The largest absolute Gasteiger partial charge is 0.497 e.